The van der Waals surface area contributed by atoms with E-state index in [2.05, 4.69) is 9.82 Å². The average molecular weight is 466 g/mol. The molecule has 0 fully saturated rings. The Bertz CT molecular complexity index is 1210. The fourth-order valence-electron chi connectivity index (χ4n) is 2.74. The van der Waals surface area contributed by atoms with E-state index in [0.29, 0.717) is 5.02 Å². The first-order valence-corrected chi connectivity index (χ1v) is 10.1. The van der Waals surface area contributed by atoms with Crippen molar-refractivity contribution >= 4 is 27.3 Å². The quantitative estimate of drug-likeness (QED) is 0.337. The van der Waals surface area contributed by atoms with E-state index in [9.17, 15) is 30.4 Å². The zero-order valence-electron chi connectivity index (χ0n) is 15.4. The van der Waals surface area contributed by atoms with Gasteiger partial charge >= 0.3 is 0 Å². The Labute approximate surface area is 173 Å². The summed E-state index contributed by atoms with van der Waals surface area (Å²) in [6, 6.07) is 5.30. The topological polar surface area (TPSA) is 64.0 Å². The van der Waals surface area contributed by atoms with Gasteiger partial charge in [0, 0.05) is 5.02 Å². The van der Waals surface area contributed by atoms with Crippen molar-refractivity contribution in [3.8, 4) is 0 Å². The highest BCUT2D eigenvalue weighted by Gasteiger charge is 2.27. The zero-order valence-corrected chi connectivity index (χ0v) is 17.0. The summed E-state index contributed by atoms with van der Waals surface area (Å²) in [7, 11) is -4.05. The third-order valence-corrected chi connectivity index (χ3v) is 5.97. The van der Waals surface area contributed by atoms with E-state index in [1.807, 2.05) is 0 Å². The largest absolute Gasteiger partial charge is 0.276 e. The molecule has 0 saturated carbocycles. The van der Waals surface area contributed by atoms with Crippen LogP contribution in [-0.2, 0) is 16.6 Å². The van der Waals surface area contributed by atoms with Gasteiger partial charge in [0.2, 0.25) is 5.82 Å². The zero-order chi connectivity index (χ0) is 22.4. The van der Waals surface area contributed by atoms with Crippen molar-refractivity contribution in [1.29, 1.82) is 0 Å². The van der Waals surface area contributed by atoms with E-state index in [-0.39, 0.29) is 22.0 Å². The smallest absolute Gasteiger partial charge is 0.262 e. The minimum Gasteiger partial charge on any atom is -0.276 e. The molecule has 0 atom stereocenters. The van der Waals surface area contributed by atoms with Crippen LogP contribution in [0.4, 0.5) is 27.6 Å². The van der Waals surface area contributed by atoms with Crippen molar-refractivity contribution in [2.24, 2.45) is 0 Å². The maximum absolute atomic E-state index is 14.0. The molecule has 0 aliphatic carbocycles. The molecule has 3 rings (SSSR count). The second kappa shape index (κ2) is 7.88. The van der Waals surface area contributed by atoms with Crippen LogP contribution in [0.15, 0.2) is 29.2 Å². The van der Waals surface area contributed by atoms with Crippen LogP contribution in [0.25, 0.3) is 0 Å². The van der Waals surface area contributed by atoms with Gasteiger partial charge in [-0.3, -0.25) is 9.40 Å². The predicted octanol–water partition coefficient (Wildman–Crippen LogP) is 4.70. The molecular formula is C18H13ClF5N3O2S. The second-order valence-corrected chi connectivity index (χ2v) is 8.43. The number of benzene rings is 2. The number of hydrogen-bond donors (Lipinski definition) is 1. The Kier molecular flexibility index (Phi) is 5.79. The lowest BCUT2D eigenvalue weighted by molar-refractivity contribution is 0.366. The summed E-state index contributed by atoms with van der Waals surface area (Å²) in [5, 5.41) is 4.29. The molecule has 0 radical (unpaired) electrons. The van der Waals surface area contributed by atoms with Crippen LogP contribution >= 0.6 is 11.6 Å². The Hall–Kier alpha value is -2.66. The number of sulfonamides is 1. The van der Waals surface area contributed by atoms with E-state index >= 15 is 0 Å². The van der Waals surface area contributed by atoms with Gasteiger partial charge in [0.25, 0.3) is 10.0 Å². The molecule has 0 saturated heterocycles. The minimum atomic E-state index is -4.05. The highest BCUT2D eigenvalue weighted by Crippen LogP contribution is 2.27. The maximum atomic E-state index is 14.0. The fourth-order valence-corrected chi connectivity index (χ4v) is 4.05. The molecule has 1 aromatic heterocycles. The monoisotopic (exact) mass is 465 g/mol. The lowest BCUT2D eigenvalue weighted by Crippen LogP contribution is -2.15. The summed E-state index contributed by atoms with van der Waals surface area (Å²) in [4.78, 5) is -0.0989. The molecule has 3 aromatic rings. The molecular weight excluding hydrogens is 453 g/mol. The molecule has 12 heteroatoms. The summed E-state index contributed by atoms with van der Waals surface area (Å²) in [5.74, 6) is -10.4. The lowest BCUT2D eigenvalue weighted by Gasteiger charge is -2.11. The van der Waals surface area contributed by atoms with Gasteiger partial charge < -0.3 is 0 Å². The van der Waals surface area contributed by atoms with Crippen LogP contribution in [0.5, 0.6) is 0 Å². The SMILES string of the molecule is Cc1nn(Cc2c(F)c(F)c(F)c(F)c2F)c(C)c1NS(=O)(=O)c1ccc(Cl)cc1. The summed E-state index contributed by atoms with van der Waals surface area (Å²) >= 11 is 5.74. The molecule has 0 aliphatic heterocycles. The molecule has 0 spiro atoms. The molecule has 30 heavy (non-hydrogen) atoms. The van der Waals surface area contributed by atoms with Crippen LogP contribution in [0.2, 0.25) is 5.02 Å². The van der Waals surface area contributed by atoms with Crippen LogP contribution in [0, 0.1) is 42.9 Å². The number of hydrogen-bond acceptors (Lipinski definition) is 3. The first kappa shape index (κ1) is 22.0. The molecule has 2 aromatic carbocycles. The first-order chi connectivity index (χ1) is 13.9. The van der Waals surface area contributed by atoms with Gasteiger partial charge in [-0.2, -0.15) is 5.10 Å². The van der Waals surface area contributed by atoms with Crippen molar-refractivity contribution in [2.45, 2.75) is 25.3 Å². The maximum Gasteiger partial charge on any atom is 0.262 e. The standard InChI is InChI=1S/C18H13ClF5N3O2S/c1-8-18(26-30(28,29)11-5-3-10(19)4-6-11)9(2)27(25-8)7-12-13(20)15(22)17(24)16(23)14(12)21/h3-6,26H,7H2,1-2H3. The van der Waals surface area contributed by atoms with Crippen LogP contribution in [-0.4, -0.2) is 18.2 Å². The van der Waals surface area contributed by atoms with Gasteiger partial charge in [-0.1, -0.05) is 11.6 Å². The van der Waals surface area contributed by atoms with Gasteiger partial charge in [0.05, 0.1) is 34.1 Å². The number of anilines is 1. The molecule has 1 N–H and O–H groups in total. The van der Waals surface area contributed by atoms with E-state index < -0.39 is 51.2 Å². The molecule has 0 bridgehead atoms. The van der Waals surface area contributed by atoms with Crippen molar-refractivity contribution in [1.82, 2.24) is 9.78 Å². The summed E-state index contributed by atoms with van der Waals surface area (Å²) in [5.41, 5.74) is -0.846. The Morgan fingerprint density at radius 3 is 1.97 bits per heavy atom. The summed E-state index contributed by atoms with van der Waals surface area (Å²) in [6.45, 7) is 1.99. The third-order valence-electron chi connectivity index (χ3n) is 4.35. The van der Waals surface area contributed by atoms with Gasteiger partial charge in [0.15, 0.2) is 23.3 Å². The van der Waals surface area contributed by atoms with Gasteiger partial charge in [0.1, 0.15) is 0 Å². The second-order valence-electron chi connectivity index (χ2n) is 6.31. The summed E-state index contributed by atoms with van der Waals surface area (Å²) < 4.78 is 96.4. The molecule has 1 heterocycles. The van der Waals surface area contributed by atoms with Crippen molar-refractivity contribution in [3.63, 3.8) is 0 Å². The van der Waals surface area contributed by atoms with Crippen molar-refractivity contribution in [3.05, 3.63) is 75.3 Å². The van der Waals surface area contributed by atoms with E-state index in [4.69, 9.17) is 11.6 Å². The average Bonchev–Trinajstić information content (AvgIpc) is 2.95. The molecule has 0 aliphatic rings. The highest BCUT2D eigenvalue weighted by molar-refractivity contribution is 7.92. The number of halogens is 6. The number of nitrogens with zero attached hydrogens (tertiary/aromatic N) is 2. The number of rotatable bonds is 5. The highest BCUT2D eigenvalue weighted by atomic mass is 35.5. The van der Waals surface area contributed by atoms with Crippen LogP contribution < -0.4 is 4.72 Å². The number of nitrogens with one attached hydrogen (secondary N) is 1. The Balaban J connectivity index is 1.99. The van der Waals surface area contributed by atoms with E-state index in [0.717, 1.165) is 4.68 Å². The first-order valence-electron chi connectivity index (χ1n) is 8.26. The molecule has 0 amide bonds. The number of aryl methyl sites for hydroxylation is 1. The van der Waals surface area contributed by atoms with Gasteiger partial charge in [-0.05, 0) is 38.1 Å². The lowest BCUT2D eigenvalue weighted by atomic mass is 10.1. The van der Waals surface area contributed by atoms with Gasteiger partial charge in [-0.15, -0.1) is 0 Å². The predicted molar refractivity (Wildman–Crippen MR) is 99.3 cm³/mol. The molecule has 5 nitrogen and oxygen atoms in total. The molecule has 160 valence electrons. The minimum absolute atomic E-state index is 0.00817. The van der Waals surface area contributed by atoms with Crippen LogP contribution in [0.3, 0.4) is 0 Å². The molecule has 0 unspecified atom stereocenters. The Morgan fingerprint density at radius 2 is 1.43 bits per heavy atom. The fraction of sp³-hybridized carbons (Fsp3) is 0.167. The van der Waals surface area contributed by atoms with Crippen LogP contribution in [0.1, 0.15) is 17.0 Å². The Morgan fingerprint density at radius 1 is 0.933 bits per heavy atom. The summed E-state index contributed by atoms with van der Waals surface area (Å²) in [6.07, 6.45) is 0. The van der Waals surface area contributed by atoms with Gasteiger partial charge in [-0.25, -0.2) is 30.4 Å². The van der Waals surface area contributed by atoms with E-state index in [1.165, 1.54) is 38.1 Å². The van der Waals surface area contributed by atoms with Crippen molar-refractivity contribution in [2.75, 3.05) is 4.72 Å². The normalized spacial score (nSPS) is 11.7. The number of aromatic nitrogens is 2. The third kappa shape index (κ3) is 3.86. The van der Waals surface area contributed by atoms with Crippen molar-refractivity contribution < 1.29 is 30.4 Å². The van der Waals surface area contributed by atoms with E-state index in [1.54, 1.807) is 0 Å².